The van der Waals surface area contributed by atoms with Gasteiger partial charge in [-0.2, -0.15) is 5.10 Å². The Balaban J connectivity index is 1.33. The second kappa shape index (κ2) is 13.4. The molecule has 216 valence electrons. The van der Waals surface area contributed by atoms with Gasteiger partial charge in [0.25, 0.3) is 5.91 Å². The summed E-state index contributed by atoms with van der Waals surface area (Å²) in [5, 5.41) is 13.2. The van der Waals surface area contributed by atoms with Crippen molar-refractivity contribution in [1.82, 2.24) is 29.4 Å². The van der Waals surface area contributed by atoms with Crippen molar-refractivity contribution in [3.8, 4) is 17.0 Å². The third-order valence-corrected chi connectivity index (χ3v) is 7.80. The number of ether oxygens (including phenoxy) is 1. The van der Waals surface area contributed by atoms with Crippen molar-refractivity contribution >= 4 is 52.0 Å². The van der Waals surface area contributed by atoms with Crippen molar-refractivity contribution in [3.63, 3.8) is 0 Å². The summed E-state index contributed by atoms with van der Waals surface area (Å²) in [5.41, 5.74) is 2.47. The van der Waals surface area contributed by atoms with Gasteiger partial charge in [0.05, 0.1) is 27.9 Å². The summed E-state index contributed by atoms with van der Waals surface area (Å²) in [5.74, 6) is 1.43. The summed E-state index contributed by atoms with van der Waals surface area (Å²) in [4.78, 5) is 31.9. The first-order valence-electron chi connectivity index (χ1n) is 13.9. The maximum Gasteiger partial charge on any atom is 0.412 e. The van der Waals surface area contributed by atoms with Crippen LogP contribution >= 0.6 is 23.1 Å². The fourth-order valence-corrected chi connectivity index (χ4v) is 5.31. The van der Waals surface area contributed by atoms with Gasteiger partial charge in [0, 0.05) is 24.0 Å². The molecule has 0 spiro atoms. The first-order chi connectivity index (χ1) is 19.9. The molecule has 0 saturated heterocycles. The summed E-state index contributed by atoms with van der Waals surface area (Å²) >= 11 is 7.94. The molecular formula is C29H34ClN7O3S. The van der Waals surface area contributed by atoms with Crippen molar-refractivity contribution < 1.29 is 14.3 Å². The summed E-state index contributed by atoms with van der Waals surface area (Å²) in [6.07, 6.45) is 7.88. The Kier molecular flexibility index (Phi) is 9.48. The minimum atomic E-state index is -0.493. The number of carbonyl (C=O) groups excluding carboxylic acids is 2. The molecule has 2 N–H and O–H groups in total. The van der Waals surface area contributed by atoms with Crippen molar-refractivity contribution in [2.45, 2.75) is 45.1 Å². The Bertz CT molecular complexity index is 1480. The van der Waals surface area contributed by atoms with E-state index in [0.29, 0.717) is 52.0 Å². The number of unbranched alkanes of at least 4 members (excludes halogenated alkanes) is 1. The molecular weight excluding hydrogens is 562 g/mol. The number of nitrogens with zero attached hydrogens (tertiary/aromatic N) is 5. The van der Waals surface area contributed by atoms with Gasteiger partial charge in [-0.1, -0.05) is 37.3 Å². The zero-order chi connectivity index (χ0) is 28.8. The van der Waals surface area contributed by atoms with Crippen molar-refractivity contribution in [2.75, 3.05) is 32.5 Å². The fourth-order valence-electron chi connectivity index (χ4n) is 4.53. The highest BCUT2D eigenvalue weighted by Crippen LogP contribution is 2.35. The largest absolute Gasteiger partial charge is 0.412 e. The Morgan fingerprint density at radius 3 is 2.68 bits per heavy atom. The van der Waals surface area contributed by atoms with Crippen LogP contribution in [-0.2, 0) is 6.54 Å². The minimum absolute atomic E-state index is 0.281. The fraction of sp³-hybridized carbons (Fsp3) is 0.414. The molecule has 0 radical (unpaired) electrons. The van der Waals surface area contributed by atoms with Gasteiger partial charge in [-0.3, -0.25) is 4.79 Å². The van der Waals surface area contributed by atoms with Gasteiger partial charge in [0.2, 0.25) is 0 Å². The van der Waals surface area contributed by atoms with Crippen molar-refractivity contribution in [3.05, 3.63) is 52.5 Å². The van der Waals surface area contributed by atoms with Gasteiger partial charge in [-0.15, -0.1) is 0 Å². The number of pyridine rings is 1. The zero-order valence-electron chi connectivity index (χ0n) is 23.2. The van der Waals surface area contributed by atoms with Gasteiger partial charge < -0.3 is 20.3 Å². The van der Waals surface area contributed by atoms with E-state index in [1.165, 1.54) is 37.0 Å². The lowest BCUT2D eigenvalue weighted by Gasteiger charge is -2.10. The third kappa shape index (κ3) is 7.81. The number of carbonyl (C=O) groups is 2. The van der Waals surface area contributed by atoms with Crippen LogP contribution < -0.4 is 15.4 Å². The molecule has 2 amide bonds. The molecule has 10 nitrogen and oxygen atoms in total. The van der Waals surface area contributed by atoms with Gasteiger partial charge in [0.1, 0.15) is 5.75 Å². The van der Waals surface area contributed by atoms with E-state index in [0.717, 1.165) is 37.3 Å². The number of hydrogen-bond acceptors (Lipinski definition) is 8. The molecule has 5 rings (SSSR count). The molecule has 1 fully saturated rings. The summed E-state index contributed by atoms with van der Waals surface area (Å²) in [6.45, 7) is 2.10. The minimum Gasteiger partial charge on any atom is -0.410 e. The number of halogens is 1. The number of nitrogens with one attached hydrogen (secondary N) is 2. The van der Waals surface area contributed by atoms with E-state index >= 15 is 0 Å². The first-order valence-corrected chi connectivity index (χ1v) is 15.1. The van der Waals surface area contributed by atoms with Crippen LogP contribution in [0.2, 0.25) is 5.02 Å². The zero-order valence-corrected chi connectivity index (χ0v) is 24.8. The van der Waals surface area contributed by atoms with Crippen LogP contribution in [-0.4, -0.2) is 63.2 Å². The van der Waals surface area contributed by atoms with Crippen molar-refractivity contribution in [1.29, 1.82) is 0 Å². The van der Waals surface area contributed by atoms with E-state index in [2.05, 4.69) is 19.9 Å². The van der Waals surface area contributed by atoms with Crippen molar-refractivity contribution in [2.24, 2.45) is 5.92 Å². The van der Waals surface area contributed by atoms with Crippen LogP contribution in [0.1, 0.15) is 48.9 Å². The summed E-state index contributed by atoms with van der Waals surface area (Å²) < 4.78 is 11.3. The molecule has 1 aliphatic rings. The number of aromatic nitrogens is 4. The molecule has 12 heteroatoms. The summed E-state index contributed by atoms with van der Waals surface area (Å²) in [7, 11) is 3.98. The number of benzene rings is 1. The quantitative estimate of drug-likeness (QED) is 0.180. The topological polar surface area (TPSA) is 114 Å². The number of amides is 2. The second-order valence-corrected chi connectivity index (χ2v) is 11.6. The monoisotopic (exact) mass is 595 g/mol. The predicted octanol–water partition coefficient (Wildman–Crippen LogP) is 6.08. The lowest BCUT2D eigenvalue weighted by Crippen LogP contribution is -2.29. The SMILES string of the molecule is CN(C)CCCNC(=O)Oc1ccc(-c2nc3c(cc2Cl)c(NC(=O)c2cnsc2)nn3CCCCC2CC2)cc1. The summed E-state index contributed by atoms with van der Waals surface area (Å²) in [6, 6.07) is 8.86. The Morgan fingerprint density at radius 2 is 1.98 bits per heavy atom. The average Bonchev–Trinajstić information content (AvgIpc) is 3.49. The van der Waals surface area contributed by atoms with Crippen LogP contribution in [0.4, 0.5) is 10.6 Å². The molecule has 0 aliphatic heterocycles. The van der Waals surface area contributed by atoms with E-state index in [-0.39, 0.29) is 5.91 Å². The van der Waals surface area contributed by atoms with Crippen LogP contribution in [0.15, 0.2) is 41.9 Å². The van der Waals surface area contributed by atoms with Gasteiger partial charge in [0.15, 0.2) is 11.5 Å². The molecule has 3 heterocycles. The highest BCUT2D eigenvalue weighted by atomic mass is 35.5. The van der Waals surface area contributed by atoms with Gasteiger partial charge >= 0.3 is 6.09 Å². The molecule has 4 aromatic rings. The highest BCUT2D eigenvalue weighted by molar-refractivity contribution is 7.03. The maximum absolute atomic E-state index is 12.8. The first kappa shape index (κ1) is 29.0. The number of rotatable bonds is 13. The Morgan fingerprint density at radius 1 is 1.17 bits per heavy atom. The molecule has 1 saturated carbocycles. The van der Waals surface area contributed by atoms with Crippen LogP contribution in [0.5, 0.6) is 5.75 Å². The molecule has 3 aromatic heterocycles. The standard InChI is InChI=1S/C29H34ClN7O3S/c1-36(2)14-5-13-31-29(39)40-22-11-9-20(10-12-22)25-24(30)16-23-26(34-28(38)21-17-32-41-18-21)35-37(27(23)33-25)15-4-3-6-19-7-8-19/h9-12,16-19H,3-8,13-15H2,1-2H3,(H,31,39)(H,34,35,38). The smallest absolute Gasteiger partial charge is 0.410 e. The van der Waals surface area contributed by atoms with Gasteiger partial charge in [-0.05, 0) is 81.3 Å². The molecule has 1 aliphatic carbocycles. The predicted molar refractivity (Wildman–Crippen MR) is 162 cm³/mol. The van der Waals surface area contributed by atoms with Crippen LogP contribution in [0.3, 0.4) is 0 Å². The maximum atomic E-state index is 12.8. The van der Waals surface area contributed by atoms with E-state index < -0.39 is 6.09 Å². The van der Waals surface area contributed by atoms with E-state index in [9.17, 15) is 9.59 Å². The van der Waals surface area contributed by atoms with E-state index in [1.807, 2.05) is 30.9 Å². The van der Waals surface area contributed by atoms with Crippen LogP contribution in [0, 0.1) is 5.92 Å². The van der Waals surface area contributed by atoms with E-state index in [1.54, 1.807) is 23.6 Å². The lowest BCUT2D eigenvalue weighted by molar-refractivity contribution is 0.102. The molecule has 0 unspecified atom stereocenters. The number of anilines is 1. The van der Waals surface area contributed by atoms with Crippen LogP contribution in [0.25, 0.3) is 22.3 Å². The molecule has 41 heavy (non-hydrogen) atoms. The molecule has 0 atom stereocenters. The Labute approximate surface area is 248 Å². The second-order valence-electron chi connectivity index (χ2n) is 10.6. The number of aryl methyl sites for hydroxylation is 1. The number of fused-ring (bicyclic) bond motifs is 1. The number of hydrogen-bond donors (Lipinski definition) is 2. The van der Waals surface area contributed by atoms with Gasteiger partial charge in [-0.25, -0.2) is 18.8 Å². The molecule has 0 bridgehead atoms. The average molecular weight is 596 g/mol. The Hall–Kier alpha value is -3.54. The molecule has 1 aromatic carbocycles. The highest BCUT2D eigenvalue weighted by Gasteiger charge is 2.21. The normalized spacial score (nSPS) is 13.1. The van der Waals surface area contributed by atoms with E-state index in [4.69, 9.17) is 26.4 Å². The lowest BCUT2D eigenvalue weighted by atomic mass is 10.1. The third-order valence-electron chi connectivity index (χ3n) is 6.92.